The van der Waals surface area contributed by atoms with Gasteiger partial charge in [0, 0.05) is 12.3 Å². The number of rotatable bonds is 4. The molecule has 0 bridgehead atoms. The molecule has 1 amide bonds. The molecular formula is C17H13ClFN3O2. The van der Waals surface area contributed by atoms with Crippen LogP contribution >= 0.6 is 11.6 Å². The van der Waals surface area contributed by atoms with Gasteiger partial charge in [-0.25, -0.2) is 9.07 Å². The van der Waals surface area contributed by atoms with Crippen molar-refractivity contribution in [1.82, 2.24) is 9.78 Å². The summed E-state index contributed by atoms with van der Waals surface area (Å²) in [6.07, 6.45) is 1.58. The first-order chi connectivity index (χ1) is 11.6. The van der Waals surface area contributed by atoms with Crippen LogP contribution in [0.3, 0.4) is 0 Å². The third-order valence-electron chi connectivity index (χ3n) is 3.32. The Balaban J connectivity index is 1.82. The fraction of sp³-hybridized carbons (Fsp3) is 0.0588. The van der Waals surface area contributed by atoms with Crippen molar-refractivity contribution in [1.29, 1.82) is 0 Å². The molecule has 0 spiro atoms. The van der Waals surface area contributed by atoms with Crippen LogP contribution in [0.15, 0.2) is 54.7 Å². The smallest absolute Gasteiger partial charge is 0.276 e. The quantitative estimate of drug-likeness (QED) is 0.779. The van der Waals surface area contributed by atoms with Gasteiger partial charge in [-0.3, -0.25) is 4.79 Å². The number of nitrogens with one attached hydrogen (secondary N) is 1. The maximum absolute atomic E-state index is 13.3. The molecule has 0 saturated carbocycles. The average Bonchev–Trinajstić information content (AvgIpc) is 3.07. The average molecular weight is 346 g/mol. The number of hydrogen-bond acceptors (Lipinski definition) is 3. The summed E-state index contributed by atoms with van der Waals surface area (Å²) in [5.74, 6) is -0.238. The highest BCUT2D eigenvalue weighted by Crippen LogP contribution is 2.27. The van der Waals surface area contributed by atoms with Gasteiger partial charge in [0.2, 0.25) is 0 Å². The summed E-state index contributed by atoms with van der Waals surface area (Å²) >= 11 is 6.07. The molecule has 0 aliphatic heterocycles. The lowest BCUT2D eigenvalue weighted by Gasteiger charge is -2.08. The van der Waals surface area contributed by atoms with Crippen molar-refractivity contribution in [3.8, 4) is 11.4 Å². The molecule has 2 aromatic carbocycles. The molecule has 3 aromatic rings. The van der Waals surface area contributed by atoms with Crippen molar-refractivity contribution < 1.29 is 13.9 Å². The molecule has 0 saturated heterocycles. The Bertz CT molecular complexity index is 895. The van der Waals surface area contributed by atoms with Crippen molar-refractivity contribution in [3.05, 3.63) is 71.3 Å². The summed E-state index contributed by atoms with van der Waals surface area (Å²) in [5.41, 5.74) is 1.12. The molecule has 122 valence electrons. The molecule has 5 nitrogen and oxygen atoms in total. The second-order valence-electron chi connectivity index (χ2n) is 4.93. The molecule has 0 unspecified atom stereocenters. The predicted octanol–water partition coefficient (Wildman–Crippen LogP) is 3.93. The Morgan fingerprint density at radius 3 is 2.83 bits per heavy atom. The van der Waals surface area contributed by atoms with E-state index in [0.717, 1.165) is 0 Å². The lowest BCUT2D eigenvalue weighted by molar-refractivity contribution is 0.102. The van der Waals surface area contributed by atoms with Gasteiger partial charge in [-0.05, 0) is 36.4 Å². The number of carbonyl (C=O) groups excluding carboxylic acids is 1. The fourth-order valence-corrected chi connectivity index (χ4v) is 2.29. The lowest BCUT2D eigenvalue weighted by atomic mass is 10.3. The molecule has 24 heavy (non-hydrogen) atoms. The van der Waals surface area contributed by atoms with Crippen LogP contribution in [0.25, 0.3) is 5.69 Å². The summed E-state index contributed by atoms with van der Waals surface area (Å²) in [5, 5.41) is 7.21. The third kappa shape index (κ3) is 3.38. The van der Waals surface area contributed by atoms with Crippen LogP contribution in [-0.4, -0.2) is 22.8 Å². The highest BCUT2D eigenvalue weighted by atomic mass is 35.5. The van der Waals surface area contributed by atoms with E-state index in [2.05, 4.69) is 10.4 Å². The number of carbonyl (C=O) groups is 1. The van der Waals surface area contributed by atoms with Crippen molar-refractivity contribution in [3.63, 3.8) is 0 Å². The summed E-state index contributed by atoms with van der Waals surface area (Å²) in [7, 11) is 1.52. The molecule has 7 heteroatoms. The summed E-state index contributed by atoms with van der Waals surface area (Å²) < 4.78 is 19.8. The van der Waals surface area contributed by atoms with Crippen molar-refractivity contribution >= 4 is 23.2 Å². The van der Waals surface area contributed by atoms with Crippen LogP contribution in [0.2, 0.25) is 5.02 Å². The number of hydrogen-bond donors (Lipinski definition) is 1. The largest absolute Gasteiger partial charge is 0.497 e. The Kier molecular flexibility index (Phi) is 4.48. The topological polar surface area (TPSA) is 56.1 Å². The first-order valence-corrected chi connectivity index (χ1v) is 7.41. The first-order valence-electron chi connectivity index (χ1n) is 7.03. The van der Waals surface area contributed by atoms with E-state index in [4.69, 9.17) is 16.3 Å². The number of methoxy groups -OCH3 is 1. The van der Waals surface area contributed by atoms with Gasteiger partial charge in [-0.15, -0.1) is 0 Å². The second kappa shape index (κ2) is 6.72. The number of amides is 1. The molecular weight excluding hydrogens is 333 g/mol. The van der Waals surface area contributed by atoms with Crippen molar-refractivity contribution in [2.45, 2.75) is 0 Å². The monoisotopic (exact) mass is 345 g/mol. The lowest BCUT2D eigenvalue weighted by Crippen LogP contribution is -2.13. The summed E-state index contributed by atoms with van der Waals surface area (Å²) in [4.78, 5) is 12.3. The minimum Gasteiger partial charge on any atom is -0.497 e. The van der Waals surface area contributed by atoms with Crippen molar-refractivity contribution in [2.24, 2.45) is 0 Å². The van der Waals surface area contributed by atoms with Crippen LogP contribution in [0.4, 0.5) is 10.1 Å². The number of benzene rings is 2. The standard InChI is InChI=1S/C17H13ClFN3O2/c1-24-13-5-6-14(18)16(10-13)20-17(23)15-7-8-22(21-15)12-4-2-3-11(19)9-12/h2-10H,1H3,(H,20,23). The molecule has 1 aromatic heterocycles. The Labute approximate surface area is 142 Å². The Morgan fingerprint density at radius 1 is 1.25 bits per heavy atom. The van der Waals surface area contributed by atoms with E-state index in [1.54, 1.807) is 36.5 Å². The molecule has 0 fully saturated rings. The maximum atomic E-state index is 13.3. The molecule has 0 aliphatic rings. The Morgan fingerprint density at radius 2 is 2.08 bits per heavy atom. The highest BCUT2D eigenvalue weighted by Gasteiger charge is 2.13. The summed E-state index contributed by atoms with van der Waals surface area (Å²) in [6, 6.07) is 12.4. The normalized spacial score (nSPS) is 10.5. The molecule has 0 aliphatic carbocycles. The van der Waals surface area contributed by atoms with E-state index in [9.17, 15) is 9.18 Å². The van der Waals surface area contributed by atoms with E-state index in [1.807, 2.05) is 0 Å². The van der Waals surface area contributed by atoms with Gasteiger partial charge in [0.15, 0.2) is 5.69 Å². The first kappa shape index (κ1) is 16.0. The number of nitrogens with zero attached hydrogens (tertiary/aromatic N) is 2. The van der Waals surface area contributed by atoms with E-state index in [0.29, 0.717) is 22.1 Å². The van der Waals surface area contributed by atoms with Gasteiger partial charge in [-0.2, -0.15) is 5.10 Å². The number of anilines is 1. The minimum absolute atomic E-state index is 0.179. The number of ether oxygens (including phenoxy) is 1. The highest BCUT2D eigenvalue weighted by molar-refractivity contribution is 6.34. The fourth-order valence-electron chi connectivity index (χ4n) is 2.12. The number of aromatic nitrogens is 2. The van der Waals surface area contributed by atoms with Gasteiger partial charge >= 0.3 is 0 Å². The van der Waals surface area contributed by atoms with E-state index < -0.39 is 5.91 Å². The van der Waals surface area contributed by atoms with Gasteiger partial charge < -0.3 is 10.1 Å². The number of halogens is 2. The minimum atomic E-state index is -0.430. The zero-order chi connectivity index (χ0) is 17.1. The molecule has 0 atom stereocenters. The Hall–Kier alpha value is -2.86. The van der Waals surface area contributed by atoms with Crippen LogP contribution in [0, 0.1) is 5.82 Å². The van der Waals surface area contributed by atoms with Gasteiger partial charge in [0.25, 0.3) is 5.91 Å². The van der Waals surface area contributed by atoms with Crippen LogP contribution < -0.4 is 10.1 Å². The second-order valence-corrected chi connectivity index (χ2v) is 5.33. The predicted molar refractivity (Wildman–Crippen MR) is 89.5 cm³/mol. The van der Waals surface area contributed by atoms with Gasteiger partial charge in [0.05, 0.1) is 23.5 Å². The summed E-state index contributed by atoms with van der Waals surface area (Å²) in [6.45, 7) is 0. The zero-order valence-corrected chi connectivity index (χ0v) is 13.4. The molecule has 3 rings (SSSR count). The van der Waals surface area contributed by atoms with E-state index in [1.165, 1.54) is 30.0 Å². The molecule has 1 heterocycles. The van der Waals surface area contributed by atoms with Crippen LogP contribution in [-0.2, 0) is 0 Å². The maximum Gasteiger partial charge on any atom is 0.276 e. The van der Waals surface area contributed by atoms with Crippen molar-refractivity contribution in [2.75, 3.05) is 12.4 Å². The third-order valence-corrected chi connectivity index (χ3v) is 3.65. The van der Waals surface area contributed by atoms with E-state index in [-0.39, 0.29) is 11.5 Å². The van der Waals surface area contributed by atoms with Gasteiger partial charge in [-0.1, -0.05) is 17.7 Å². The molecule has 1 N–H and O–H groups in total. The zero-order valence-electron chi connectivity index (χ0n) is 12.7. The van der Waals surface area contributed by atoms with E-state index >= 15 is 0 Å². The van der Waals surface area contributed by atoms with Gasteiger partial charge in [0.1, 0.15) is 11.6 Å². The van der Waals surface area contributed by atoms with Crippen LogP contribution in [0.1, 0.15) is 10.5 Å². The molecule has 0 radical (unpaired) electrons. The SMILES string of the molecule is COc1ccc(Cl)c(NC(=O)c2ccn(-c3cccc(F)c3)n2)c1. The van der Waals surface area contributed by atoms with Crippen LogP contribution in [0.5, 0.6) is 5.75 Å².